The second-order valence-corrected chi connectivity index (χ2v) is 7.32. The fourth-order valence-electron chi connectivity index (χ4n) is 2.84. The lowest BCUT2D eigenvalue weighted by atomic mass is 10.1. The summed E-state index contributed by atoms with van der Waals surface area (Å²) in [6, 6.07) is 11.0. The van der Waals surface area contributed by atoms with Crippen molar-refractivity contribution in [3.05, 3.63) is 64.8 Å². The van der Waals surface area contributed by atoms with E-state index in [1.807, 2.05) is 50.4 Å². The van der Waals surface area contributed by atoms with Gasteiger partial charge in [-0.15, -0.1) is 10.2 Å². The molecule has 0 spiro atoms. The lowest BCUT2D eigenvalue weighted by Gasteiger charge is -2.06. The van der Waals surface area contributed by atoms with E-state index in [1.165, 1.54) is 0 Å². The predicted octanol–water partition coefficient (Wildman–Crippen LogP) is 3.42. The normalized spacial score (nSPS) is 11.3. The van der Waals surface area contributed by atoms with Crippen LogP contribution in [0.15, 0.2) is 47.1 Å². The highest BCUT2D eigenvalue weighted by Gasteiger charge is 2.14. The fourth-order valence-corrected chi connectivity index (χ4v) is 3.04. The summed E-state index contributed by atoms with van der Waals surface area (Å²) in [4.78, 5) is 16.6. The van der Waals surface area contributed by atoms with E-state index in [9.17, 15) is 4.79 Å². The van der Waals surface area contributed by atoms with Crippen molar-refractivity contribution in [3.8, 4) is 11.5 Å². The van der Waals surface area contributed by atoms with E-state index in [-0.39, 0.29) is 24.8 Å². The van der Waals surface area contributed by atoms with E-state index in [1.54, 1.807) is 10.5 Å². The van der Waals surface area contributed by atoms with E-state index in [2.05, 4.69) is 25.7 Å². The van der Waals surface area contributed by atoms with Crippen LogP contribution in [0.1, 0.15) is 37.0 Å². The van der Waals surface area contributed by atoms with Gasteiger partial charge in [-0.05, 0) is 23.8 Å². The molecule has 0 aliphatic heterocycles. The molecule has 3 aromatic heterocycles. The average molecular weight is 411 g/mol. The zero-order valence-electron chi connectivity index (χ0n) is 16.0. The third kappa shape index (κ3) is 4.12. The number of hydrogen-bond acceptors (Lipinski definition) is 6. The average Bonchev–Trinajstić information content (AvgIpc) is 3.35. The molecular formula is C20H19ClN6O2. The second-order valence-electron chi connectivity index (χ2n) is 6.92. The number of carbonyl (C=O) groups is 1. The lowest BCUT2D eigenvalue weighted by Crippen LogP contribution is -2.25. The highest BCUT2D eigenvalue weighted by Crippen LogP contribution is 2.21. The van der Waals surface area contributed by atoms with Crippen LogP contribution in [-0.2, 0) is 17.8 Å². The Morgan fingerprint density at radius 2 is 2.07 bits per heavy atom. The lowest BCUT2D eigenvalue weighted by molar-refractivity contribution is -0.120. The van der Waals surface area contributed by atoms with Crippen molar-refractivity contribution in [1.29, 1.82) is 0 Å². The van der Waals surface area contributed by atoms with E-state index < -0.39 is 0 Å². The van der Waals surface area contributed by atoms with Gasteiger partial charge in [-0.25, -0.2) is 0 Å². The number of halogens is 1. The van der Waals surface area contributed by atoms with Crippen molar-refractivity contribution < 1.29 is 9.32 Å². The molecular weight excluding hydrogens is 392 g/mol. The van der Waals surface area contributed by atoms with Gasteiger partial charge in [0, 0.05) is 22.7 Å². The Bertz CT molecular complexity index is 1170. The van der Waals surface area contributed by atoms with Crippen LogP contribution >= 0.6 is 11.6 Å². The summed E-state index contributed by atoms with van der Waals surface area (Å²) in [5.41, 5.74) is 2.17. The summed E-state index contributed by atoms with van der Waals surface area (Å²) in [7, 11) is 0. The molecule has 0 aliphatic carbocycles. The van der Waals surface area contributed by atoms with Crippen LogP contribution < -0.4 is 5.32 Å². The maximum Gasteiger partial charge on any atom is 0.258 e. The first kappa shape index (κ1) is 19.1. The third-order valence-corrected chi connectivity index (χ3v) is 4.81. The van der Waals surface area contributed by atoms with Gasteiger partial charge in [0.1, 0.15) is 0 Å². The summed E-state index contributed by atoms with van der Waals surface area (Å²) in [5, 5.41) is 15.7. The largest absolute Gasteiger partial charge is 0.348 e. The Kier molecular flexibility index (Phi) is 5.26. The van der Waals surface area contributed by atoms with Gasteiger partial charge in [0.2, 0.25) is 5.91 Å². The second kappa shape index (κ2) is 8.00. The summed E-state index contributed by atoms with van der Waals surface area (Å²) < 4.78 is 7.13. The van der Waals surface area contributed by atoms with E-state index >= 15 is 0 Å². The van der Waals surface area contributed by atoms with Crippen molar-refractivity contribution in [3.63, 3.8) is 0 Å². The quantitative estimate of drug-likeness (QED) is 0.523. The van der Waals surface area contributed by atoms with Gasteiger partial charge in [-0.3, -0.25) is 9.20 Å². The number of aromatic nitrogens is 5. The SMILES string of the molecule is CC(C)c1noc(-c2ccn3c(CNC(=O)Cc4ccccc4Cl)nnc3c2)n1. The van der Waals surface area contributed by atoms with E-state index in [0.717, 1.165) is 11.1 Å². The van der Waals surface area contributed by atoms with Gasteiger partial charge in [0.15, 0.2) is 17.3 Å². The third-order valence-electron chi connectivity index (χ3n) is 4.44. The van der Waals surface area contributed by atoms with Crippen molar-refractivity contribution in [2.24, 2.45) is 0 Å². The first-order valence-corrected chi connectivity index (χ1v) is 9.57. The van der Waals surface area contributed by atoms with Gasteiger partial charge in [-0.1, -0.05) is 48.8 Å². The number of benzene rings is 1. The molecule has 3 heterocycles. The minimum atomic E-state index is -0.140. The highest BCUT2D eigenvalue weighted by atomic mass is 35.5. The number of nitrogens with zero attached hydrogens (tertiary/aromatic N) is 5. The van der Waals surface area contributed by atoms with Gasteiger partial charge < -0.3 is 9.84 Å². The smallest absolute Gasteiger partial charge is 0.258 e. The van der Waals surface area contributed by atoms with Crippen LogP contribution in [-0.4, -0.2) is 30.6 Å². The highest BCUT2D eigenvalue weighted by molar-refractivity contribution is 6.31. The topological polar surface area (TPSA) is 98.2 Å². The van der Waals surface area contributed by atoms with Crippen LogP contribution in [0.2, 0.25) is 5.02 Å². The Morgan fingerprint density at radius 1 is 1.24 bits per heavy atom. The molecule has 4 aromatic rings. The number of pyridine rings is 1. The van der Waals surface area contributed by atoms with E-state index in [4.69, 9.17) is 16.1 Å². The molecule has 0 unspecified atom stereocenters. The minimum absolute atomic E-state index is 0.140. The van der Waals surface area contributed by atoms with Crippen LogP contribution in [0.5, 0.6) is 0 Å². The molecule has 0 radical (unpaired) electrons. The van der Waals surface area contributed by atoms with Crippen LogP contribution in [0.4, 0.5) is 0 Å². The Hall–Kier alpha value is -3.26. The Balaban J connectivity index is 1.46. The zero-order chi connectivity index (χ0) is 20.4. The van der Waals surface area contributed by atoms with Gasteiger partial charge in [0.05, 0.1) is 13.0 Å². The molecule has 0 aliphatic rings. The minimum Gasteiger partial charge on any atom is -0.348 e. The molecule has 0 saturated carbocycles. The number of fused-ring (bicyclic) bond motifs is 1. The van der Waals surface area contributed by atoms with Crippen LogP contribution in [0.3, 0.4) is 0 Å². The van der Waals surface area contributed by atoms with Crippen LogP contribution in [0.25, 0.3) is 17.1 Å². The summed E-state index contributed by atoms with van der Waals surface area (Å²) >= 11 is 6.11. The summed E-state index contributed by atoms with van der Waals surface area (Å²) in [5.74, 6) is 1.76. The molecule has 0 fully saturated rings. The number of amides is 1. The number of nitrogens with one attached hydrogen (secondary N) is 1. The summed E-state index contributed by atoms with van der Waals surface area (Å²) in [6.45, 7) is 4.26. The van der Waals surface area contributed by atoms with E-state index in [0.29, 0.717) is 28.2 Å². The Morgan fingerprint density at radius 3 is 2.83 bits per heavy atom. The monoisotopic (exact) mass is 410 g/mol. The van der Waals surface area contributed by atoms with Crippen molar-refractivity contribution >= 4 is 23.2 Å². The van der Waals surface area contributed by atoms with Gasteiger partial charge in [0.25, 0.3) is 5.89 Å². The molecule has 0 atom stereocenters. The molecule has 9 heteroatoms. The molecule has 148 valence electrons. The fraction of sp³-hybridized carbons (Fsp3) is 0.250. The number of carbonyl (C=O) groups excluding carboxylic acids is 1. The zero-order valence-corrected chi connectivity index (χ0v) is 16.7. The first-order chi connectivity index (χ1) is 14.0. The molecule has 4 rings (SSSR count). The summed E-state index contributed by atoms with van der Waals surface area (Å²) in [6.07, 6.45) is 2.02. The maximum atomic E-state index is 12.2. The Labute approximate surface area is 171 Å². The molecule has 1 N–H and O–H groups in total. The molecule has 8 nitrogen and oxygen atoms in total. The predicted molar refractivity (Wildman–Crippen MR) is 107 cm³/mol. The van der Waals surface area contributed by atoms with Gasteiger partial charge >= 0.3 is 0 Å². The molecule has 1 aromatic carbocycles. The molecule has 0 bridgehead atoms. The van der Waals surface area contributed by atoms with Crippen molar-refractivity contribution in [2.75, 3.05) is 0 Å². The van der Waals surface area contributed by atoms with Gasteiger partial charge in [-0.2, -0.15) is 4.98 Å². The van der Waals surface area contributed by atoms with Crippen molar-refractivity contribution in [2.45, 2.75) is 32.7 Å². The van der Waals surface area contributed by atoms with Crippen LogP contribution in [0, 0.1) is 0 Å². The molecule has 1 amide bonds. The maximum absolute atomic E-state index is 12.2. The van der Waals surface area contributed by atoms with Crippen molar-refractivity contribution in [1.82, 2.24) is 30.1 Å². The molecule has 29 heavy (non-hydrogen) atoms. The first-order valence-electron chi connectivity index (χ1n) is 9.19. The number of hydrogen-bond donors (Lipinski definition) is 1. The standard InChI is InChI=1S/C20H19ClN6O2/c1-12(2)19-23-20(29-26-19)14-7-8-27-16(9-14)24-25-17(27)11-22-18(28)10-13-5-3-4-6-15(13)21/h3-9,12H,10-11H2,1-2H3,(H,22,28). The number of rotatable bonds is 6. The molecule has 0 saturated heterocycles.